The number of sulfonamides is 1. The normalized spacial score (nSPS) is 22.4. The summed E-state index contributed by atoms with van der Waals surface area (Å²) in [4.78, 5) is 16.3. The third-order valence-corrected chi connectivity index (χ3v) is 3.59. The number of halogens is 2. The number of carbonyl (C=O) groups is 1. The molecule has 1 heterocycles. The molecule has 0 aromatic heterocycles. The van der Waals surface area contributed by atoms with Crippen LogP contribution in [0.25, 0.3) is 0 Å². The van der Waals surface area contributed by atoms with Crippen LogP contribution in [0.5, 0.6) is 0 Å². The minimum absolute atomic E-state index is 0.145. The van der Waals surface area contributed by atoms with Gasteiger partial charge in [-0.1, -0.05) is 25.2 Å². The minimum atomic E-state index is -4.75. The Labute approximate surface area is 104 Å². The summed E-state index contributed by atoms with van der Waals surface area (Å²) in [7, 11) is -4.75. The van der Waals surface area contributed by atoms with Crippen LogP contribution in [0.15, 0.2) is 0 Å². The van der Waals surface area contributed by atoms with E-state index < -0.39 is 27.2 Å². The van der Waals surface area contributed by atoms with E-state index in [9.17, 15) is 22.0 Å². The lowest BCUT2D eigenvalue weighted by atomic mass is 9.95. The number of carbonyl (C=O) groups excluding carboxylic acids is 1. The Bertz CT molecular complexity index is 419. The van der Waals surface area contributed by atoms with Gasteiger partial charge in [0.2, 0.25) is 5.91 Å². The van der Waals surface area contributed by atoms with Crippen LogP contribution in [0.2, 0.25) is 0 Å². The van der Waals surface area contributed by atoms with E-state index in [2.05, 4.69) is 10.2 Å². The predicted octanol–water partition coefficient (Wildman–Crippen LogP) is 0.317. The first-order valence-corrected chi connectivity index (χ1v) is 6.79. The summed E-state index contributed by atoms with van der Waals surface area (Å²) in [6.07, 6.45) is 0. The number of amides is 1. The van der Waals surface area contributed by atoms with Gasteiger partial charge in [0.05, 0.1) is 19.2 Å². The minimum Gasteiger partial charge on any atom is -0.349 e. The van der Waals surface area contributed by atoms with E-state index in [0.717, 1.165) is 0 Å². The highest BCUT2D eigenvalue weighted by Gasteiger charge is 2.40. The maximum atomic E-state index is 12.2. The lowest BCUT2D eigenvalue weighted by molar-refractivity contribution is -0.129. The Morgan fingerprint density at radius 1 is 1.44 bits per heavy atom. The molecule has 1 aliphatic rings. The maximum Gasteiger partial charge on any atom is 0.352 e. The maximum absolute atomic E-state index is 12.2. The van der Waals surface area contributed by atoms with E-state index in [1.165, 1.54) is 0 Å². The number of nitrogens with one attached hydrogen (secondary N) is 1. The van der Waals surface area contributed by atoms with Gasteiger partial charge in [-0.05, 0) is 0 Å². The van der Waals surface area contributed by atoms with E-state index in [1.807, 2.05) is 0 Å². The SMILES string of the molecule is CC(C)(C)C(=O)N[C@@H]1CON(S(=O)(=O)C(F)F)C1. The van der Waals surface area contributed by atoms with Crippen LogP contribution < -0.4 is 5.32 Å². The summed E-state index contributed by atoms with van der Waals surface area (Å²) in [5.74, 6) is -3.83. The molecular formula is C9H16F2N2O4S. The molecule has 0 aromatic rings. The van der Waals surface area contributed by atoms with Crippen molar-refractivity contribution in [3.8, 4) is 0 Å². The second kappa shape index (κ2) is 5.06. The summed E-state index contributed by atoms with van der Waals surface area (Å²) < 4.78 is 46.9. The lowest BCUT2D eigenvalue weighted by Crippen LogP contribution is -2.44. The summed E-state index contributed by atoms with van der Waals surface area (Å²) in [6, 6.07) is -0.620. The fourth-order valence-corrected chi connectivity index (χ4v) is 1.99. The first kappa shape index (κ1) is 15.3. The number of alkyl halides is 2. The van der Waals surface area contributed by atoms with Gasteiger partial charge in [0, 0.05) is 5.41 Å². The third kappa shape index (κ3) is 3.36. The topological polar surface area (TPSA) is 75.7 Å². The molecule has 1 amide bonds. The predicted molar refractivity (Wildman–Crippen MR) is 59.0 cm³/mol. The molecule has 0 unspecified atom stereocenters. The number of nitrogens with zero attached hydrogens (tertiary/aromatic N) is 1. The number of hydroxylamine groups is 1. The van der Waals surface area contributed by atoms with E-state index in [0.29, 0.717) is 0 Å². The van der Waals surface area contributed by atoms with Crippen molar-refractivity contribution in [1.29, 1.82) is 0 Å². The Morgan fingerprint density at radius 3 is 2.44 bits per heavy atom. The molecule has 1 saturated heterocycles. The summed E-state index contributed by atoms with van der Waals surface area (Å²) in [6.45, 7) is 4.60. The summed E-state index contributed by atoms with van der Waals surface area (Å²) in [5.41, 5.74) is -0.644. The molecule has 0 saturated carbocycles. The molecule has 1 rings (SSSR count). The second-order valence-electron chi connectivity index (χ2n) is 5.01. The van der Waals surface area contributed by atoms with E-state index in [1.54, 1.807) is 20.8 Å². The molecule has 1 aliphatic heterocycles. The average molecular weight is 286 g/mol. The largest absolute Gasteiger partial charge is 0.352 e. The first-order chi connectivity index (χ1) is 8.05. The molecule has 0 spiro atoms. The van der Waals surface area contributed by atoms with Crippen LogP contribution >= 0.6 is 0 Å². The van der Waals surface area contributed by atoms with Gasteiger partial charge in [-0.15, -0.1) is 0 Å². The smallest absolute Gasteiger partial charge is 0.349 e. The van der Waals surface area contributed by atoms with Gasteiger partial charge in [0.1, 0.15) is 0 Å². The van der Waals surface area contributed by atoms with Crippen LogP contribution in [0.3, 0.4) is 0 Å². The number of hydrogen-bond acceptors (Lipinski definition) is 4. The Morgan fingerprint density at radius 2 is 2.00 bits per heavy atom. The van der Waals surface area contributed by atoms with Crippen molar-refractivity contribution in [1.82, 2.24) is 9.79 Å². The molecule has 9 heteroatoms. The van der Waals surface area contributed by atoms with Crippen molar-refractivity contribution in [3.63, 3.8) is 0 Å². The quantitative estimate of drug-likeness (QED) is 0.810. The van der Waals surface area contributed by atoms with Crippen molar-refractivity contribution >= 4 is 15.9 Å². The molecule has 106 valence electrons. The highest BCUT2D eigenvalue weighted by Crippen LogP contribution is 2.19. The van der Waals surface area contributed by atoms with E-state index in [-0.39, 0.29) is 23.5 Å². The van der Waals surface area contributed by atoms with Crippen LogP contribution in [0.4, 0.5) is 8.78 Å². The Balaban J connectivity index is 2.61. The highest BCUT2D eigenvalue weighted by atomic mass is 32.2. The van der Waals surface area contributed by atoms with Gasteiger partial charge >= 0.3 is 5.76 Å². The van der Waals surface area contributed by atoms with Crippen molar-refractivity contribution in [2.45, 2.75) is 32.6 Å². The Hall–Kier alpha value is -0.800. The second-order valence-corrected chi connectivity index (χ2v) is 6.80. The first-order valence-electron chi connectivity index (χ1n) is 5.28. The number of hydrogen-bond donors (Lipinski definition) is 1. The monoisotopic (exact) mass is 286 g/mol. The van der Waals surface area contributed by atoms with Gasteiger partial charge in [-0.2, -0.15) is 8.78 Å². The lowest BCUT2D eigenvalue weighted by Gasteiger charge is -2.20. The van der Waals surface area contributed by atoms with Gasteiger partial charge in [0.25, 0.3) is 10.0 Å². The zero-order chi connectivity index (χ0) is 14.1. The van der Waals surface area contributed by atoms with E-state index >= 15 is 0 Å². The molecule has 0 aliphatic carbocycles. The van der Waals surface area contributed by atoms with Crippen LogP contribution in [0, 0.1) is 5.41 Å². The molecule has 6 nitrogen and oxygen atoms in total. The van der Waals surface area contributed by atoms with Crippen LogP contribution in [-0.2, 0) is 19.7 Å². The molecular weight excluding hydrogens is 270 g/mol. The number of rotatable bonds is 3. The molecule has 18 heavy (non-hydrogen) atoms. The van der Waals surface area contributed by atoms with Crippen molar-refractivity contribution in [2.24, 2.45) is 5.41 Å². The van der Waals surface area contributed by atoms with E-state index in [4.69, 9.17) is 0 Å². The van der Waals surface area contributed by atoms with Gasteiger partial charge in [-0.3, -0.25) is 9.63 Å². The Kier molecular flexibility index (Phi) is 4.29. The van der Waals surface area contributed by atoms with Crippen LogP contribution in [0.1, 0.15) is 20.8 Å². The molecule has 0 aromatic carbocycles. The molecule has 1 atom stereocenters. The average Bonchev–Trinajstić information content (AvgIpc) is 2.64. The third-order valence-electron chi connectivity index (χ3n) is 2.31. The molecule has 0 radical (unpaired) electrons. The van der Waals surface area contributed by atoms with Crippen molar-refractivity contribution in [3.05, 3.63) is 0 Å². The zero-order valence-corrected chi connectivity index (χ0v) is 11.1. The van der Waals surface area contributed by atoms with Gasteiger partial charge in [0.15, 0.2) is 0 Å². The van der Waals surface area contributed by atoms with Gasteiger partial charge < -0.3 is 5.32 Å². The van der Waals surface area contributed by atoms with Crippen molar-refractivity contribution in [2.75, 3.05) is 13.2 Å². The van der Waals surface area contributed by atoms with Crippen LogP contribution in [-0.4, -0.2) is 43.7 Å². The van der Waals surface area contributed by atoms with Crippen molar-refractivity contribution < 1.29 is 26.8 Å². The fourth-order valence-electron chi connectivity index (χ4n) is 1.21. The summed E-state index contributed by atoms with van der Waals surface area (Å²) >= 11 is 0. The zero-order valence-electron chi connectivity index (χ0n) is 10.3. The summed E-state index contributed by atoms with van der Waals surface area (Å²) in [5, 5.41) is 2.54. The highest BCUT2D eigenvalue weighted by molar-refractivity contribution is 7.89. The molecule has 1 fully saturated rings. The van der Waals surface area contributed by atoms with Gasteiger partial charge in [-0.25, -0.2) is 8.42 Å². The standard InChI is InChI=1S/C9H16F2N2O4S/c1-9(2,3)7(14)12-6-4-13(17-5-6)18(15,16)8(10)11/h6,8H,4-5H2,1-3H3,(H,12,14)/t6-/m0/s1. The molecule has 0 bridgehead atoms. The molecule has 1 N–H and O–H groups in total. The fraction of sp³-hybridized carbons (Fsp3) is 0.889.